The summed E-state index contributed by atoms with van der Waals surface area (Å²) in [5.41, 5.74) is 9.40. The number of rotatable bonds is 5. The molecule has 1 unspecified atom stereocenters. The smallest absolute Gasteiger partial charge is 0.0992 e. The number of aryl methyl sites for hydroxylation is 1. The van der Waals surface area contributed by atoms with Gasteiger partial charge in [0.1, 0.15) is 0 Å². The van der Waals surface area contributed by atoms with Crippen molar-refractivity contribution in [3.05, 3.63) is 59.7 Å². The number of nitriles is 1. The number of hydrogen-bond donors (Lipinski definition) is 2. The molecule has 0 radical (unpaired) electrons. The van der Waals surface area contributed by atoms with E-state index in [1.165, 1.54) is 5.56 Å². The van der Waals surface area contributed by atoms with Gasteiger partial charge < -0.3 is 11.1 Å². The lowest BCUT2D eigenvalue weighted by atomic mass is 10.1. The number of nitrogens with one attached hydrogen (secondary N) is 1. The Morgan fingerprint density at radius 2 is 1.95 bits per heavy atom. The molecule has 0 saturated heterocycles. The molecule has 20 heavy (non-hydrogen) atoms. The third-order valence-electron chi connectivity index (χ3n) is 3.29. The normalized spacial score (nSPS) is 11.6. The Balaban J connectivity index is 1.95. The molecule has 0 aromatic heterocycles. The lowest BCUT2D eigenvalue weighted by Crippen LogP contribution is -2.17. The predicted octanol–water partition coefficient (Wildman–Crippen LogP) is 3.57. The first-order valence-corrected chi connectivity index (χ1v) is 6.79. The van der Waals surface area contributed by atoms with E-state index >= 15 is 0 Å². The molecule has 0 aliphatic carbocycles. The molecule has 0 aliphatic heterocycles. The molecule has 0 bridgehead atoms. The molecular weight excluding hydrogens is 246 g/mol. The van der Waals surface area contributed by atoms with Crippen molar-refractivity contribution in [2.45, 2.75) is 25.8 Å². The van der Waals surface area contributed by atoms with Crippen LogP contribution in [0.2, 0.25) is 0 Å². The summed E-state index contributed by atoms with van der Waals surface area (Å²) in [6.07, 6.45) is 2.03. The van der Waals surface area contributed by atoms with Gasteiger partial charge in [-0.2, -0.15) is 5.26 Å². The van der Waals surface area contributed by atoms with Gasteiger partial charge in [0, 0.05) is 6.04 Å². The van der Waals surface area contributed by atoms with Crippen LogP contribution in [-0.2, 0) is 6.42 Å². The van der Waals surface area contributed by atoms with Crippen molar-refractivity contribution in [3.63, 3.8) is 0 Å². The minimum absolute atomic E-state index is 0.298. The summed E-state index contributed by atoms with van der Waals surface area (Å²) in [5, 5.41) is 12.3. The number of nitrogen functional groups attached to an aromatic ring is 1. The van der Waals surface area contributed by atoms with Crippen LogP contribution in [0.15, 0.2) is 48.5 Å². The molecular formula is C17H19N3. The van der Waals surface area contributed by atoms with Crippen molar-refractivity contribution in [2.75, 3.05) is 11.1 Å². The molecule has 3 N–H and O–H groups in total. The Bertz CT molecular complexity index is 599. The summed E-state index contributed by atoms with van der Waals surface area (Å²) in [7, 11) is 0. The summed E-state index contributed by atoms with van der Waals surface area (Å²) in [5.74, 6) is 0. The summed E-state index contributed by atoms with van der Waals surface area (Å²) in [4.78, 5) is 0. The maximum Gasteiger partial charge on any atom is 0.0992 e. The number of benzene rings is 2. The molecule has 3 nitrogen and oxygen atoms in total. The van der Waals surface area contributed by atoms with Gasteiger partial charge >= 0.3 is 0 Å². The van der Waals surface area contributed by atoms with E-state index in [1.54, 1.807) is 18.2 Å². The Morgan fingerprint density at radius 1 is 1.20 bits per heavy atom. The second-order valence-corrected chi connectivity index (χ2v) is 4.98. The summed E-state index contributed by atoms with van der Waals surface area (Å²) >= 11 is 0. The van der Waals surface area contributed by atoms with E-state index in [0.717, 1.165) is 18.5 Å². The van der Waals surface area contributed by atoms with Crippen LogP contribution in [0, 0.1) is 11.3 Å². The molecule has 2 aromatic carbocycles. The highest BCUT2D eigenvalue weighted by atomic mass is 14.9. The molecule has 1 atom stereocenters. The van der Waals surface area contributed by atoms with Crippen LogP contribution in [0.3, 0.4) is 0 Å². The minimum Gasteiger partial charge on any atom is -0.397 e. The molecule has 0 spiro atoms. The van der Waals surface area contributed by atoms with Gasteiger partial charge in [0.15, 0.2) is 0 Å². The molecule has 2 rings (SSSR count). The van der Waals surface area contributed by atoms with E-state index in [-0.39, 0.29) is 0 Å². The van der Waals surface area contributed by atoms with Crippen molar-refractivity contribution in [1.29, 1.82) is 5.26 Å². The quantitative estimate of drug-likeness (QED) is 0.812. The third-order valence-corrected chi connectivity index (χ3v) is 3.29. The molecule has 3 heteroatoms. The largest absolute Gasteiger partial charge is 0.397 e. The number of nitrogens with two attached hydrogens (primary N) is 1. The second kappa shape index (κ2) is 6.63. The molecule has 0 fully saturated rings. The third kappa shape index (κ3) is 3.76. The van der Waals surface area contributed by atoms with E-state index in [1.807, 2.05) is 6.07 Å². The molecule has 0 saturated carbocycles. The highest BCUT2D eigenvalue weighted by molar-refractivity contribution is 5.68. The Hall–Kier alpha value is -2.47. The maximum atomic E-state index is 8.92. The molecule has 0 heterocycles. The predicted molar refractivity (Wildman–Crippen MR) is 83.4 cm³/mol. The lowest BCUT2D eigenvalue weighted by molar-refractivity contribution is 0.706. The summed E-state index contributed by atoms with van der Waals surface area (Å²) in [6.45, 7) is 2.13. The van der Waals surface area contributed by atoms with Crippen molar-refractivity contribution in [2.24, 2.45) is 0 Å². The topological polar surface area (TPSA) is 61.8 Å². The van der Waals surface area contributed by atoms with Crippen LogP contribution in [0.5, 0.6) is 0 Å². The Kier molecular flexibility index (Phi) is 4.62. The van der Waals surface area contributed by atoms with Gasteiger partial charge in [-0.3, -0.25) is 0 Å². The minimum atomic E-state index is 0.298. The van der Waals surface area contributed by atoms with Crippen molar-refractivity contribution in [1.82, 2.24) is 0 Å². The molecule has 0 aliphatic rings. The van der Waals surface area contributed by atoms with E-state index in [0.29, 0.717) is 17.3 Å². The average molecular weight is 265 g/mol. The van der Waals surface area contributed by atoms with Gasteiger partial charge in [0.05, 0.1) is 23.0 Å². The standard InChI is InChI=1S/C17H19N3/c1-13(7-8-14-5-3-2-4-6-14)20-17-11-15(12-18)9-10-16(17)19/h2-6,9-11,13,20H,7-8,19H2,1H3. The van der Waals surface area contributed by atoms with Gasteiger partial charge in [0.25, 0.3) is 0 Å². The van der Waals surface area contributed by atoms with Crippen LogP contribution in [0.4, 0.5) is 11.4 Å². The summed E-state index contributed by atoms with van der Waals surface area (Å²) in [6, 6.07) is 18.1. The first kappa shape index (κ1) is 14.0. The molecule has 102 valence electrons. The van der Waals surface area contributed by atoms with Crippen molar-refractivity contribution < 1.29 is 0 Å². The number of anilines is 2. The van der Waals surface area contributed by atoms with Crippen LogP contribution in [0.25, 0.3) is 0 Å². The Morgan fingerprint density at radius 3 is 2.65 bits per heavy atom. The summed E-state index contributed by atoms with van der Waals surface area (Å²) < 4.78 is 0. The van der Waals surface area contributed by atoms with E-state index in [2.05, 4.69) is 42.6 Å². The average Bonchev–Trinajstić information content (AvgIpc) is 2.48. The Labute approximate surface area is 120 Å². The van der Waals surface area contributed by atoms with Gasteiger partial charge in [-0.1, -0.05) is 30.3 Å². The fourth-order valence-corrected chi connectivity index (χ4v) is 2.12. The van der Waals surface area contributed by atoms with Crippen molar-refractivity contribution >= 4 is 11.4 Å². The van der Waals surface area contributed by atoms with Crippen LogP contribution >= 0.6 is 0 Å². The van der Waals surface area contributed by atoms with Gasteiger partial charge in [-0.25, -0.2) is 0 Å². The van der Waals surface area contributed by atoms with E-state index in [4.69, 9.17) is 11.0 Å². The highest BCUT2D eigenvalue weighted by Gasteiger charge is 2.06. The van der Waals surface area contributed by atoms with E-state index < -0.39 is 0 Å². The molecule has 2 aromatic rings. The van der Waals surface area contributed by atoms with Gasteiger partial charge in [-0.15, -0.1) is 0 Å². The zero-order valence-corrected chi connectivity index (χ0v) is 11.6. The first-order valence-electron chi connectivity index (χ1n) is 6.79. The van der Waals surface area contributed by atoms with Crippen LogP contribution in [-0.4, -0.2) is 6.04 Å². The van der Waals surface area contributed by atoms with Crippen LogP contribution in [0.1, 0.15) is 24.5 Å². The molecule has 0 amide bonds. The number of hydrogen-bond acceptors (Lipinski definition) is 3. The monoisotopic (exact) mass is 265 g/mol. The first-order chi connectivity index (χ1) is 9.69. The maximum absolute atomic E-state index is 8.92. The second-order valence-electron chi connectivity index (χ2n) is 4.98. The van der Waals surface area contributed by atoms with Gasteiger partial charge in [0.2, 0.25) is 0 Å². The highest BCUT2D eigenvalue weighted by Crippen LogP contribution is 2.21. The fourth-order valence-electron chi connectivity index (χ4n) is 2.12. The van der Waals surface area contributed by atoms with Crippen molar-refractivity contribution in [3.8, 4) is 6.07 Å². The van der Waals surface area contributed by atoms with Gasteiger partial charge in [-0.05, 0) is 43.5 Å². The zero-order chi connectivity index (χ0) is 14.4. The lowest BCUT2D eigenvalue weighted by Gasteiger charge is -2.17. The SMILES string of the molecule is CC(CCc1ccccc1)Nc1cc(C#N)ccc1N. The van der Waals surface area contributed by atoms with E-state index in [9.17, 15) is 0 Å². The fraction of sp³-hybridized carbons (Fsp3) is 0.235. The number of nitrogens with zero attached hydrogens (tertiary/aromatic N) is 1. The zero-order valence-electron chi connectivity index (χ0n) is 11.6. The van der Waals surface area contributed by atoms with Crippen LogP contribution < -0.4 is 11.1 Å².